The van der Waals surface area contributed by atoms with Crippen LogP contribution in [-0.4, -0.2) is 12.4 Å². The summed E-state index contributed by atoms with van der Waals surface area (Å²) in [6.45, 7) is 7.73. The van der Waals surface area contributed by atoms with Crippen LogP contribution in [0.15, 0.2) is 84.4 Å². The predicted octanol–water partition coefficient (Wildman–Crippen LogP) is 4.88. The molecule has 0 aromatic heterocycles. The van der Waals surface area contributed by atoms with Gasteiger partial charge in [-0.3, -0.25) is 4.99 Å². The minimum Gasteiger partial charge on any atom is -0.398 e. The van der Waals surface area contributed by atoms with E-state index in [1.165, 1.54) is 0 Å². The molecule has 3 rings (SSSR count). The van der Waals surface area contributed by atoms with E-state index in [1.54, 1.807) is 0 Å². The molecule has 5 nitrogen and oxygen atoms in total. The lowest BCUT2D eigenvalue weighted by atomic mass is 10.1. The fourth-order valence-corrected chi connectivity index (χ4v) is 3.12. The van der Waals surface area contributed by atoms with Crippen molar-refractivity contribution in [2.75, 3.05) is 23.3 Å². The molecule has 0 fully saturated rings. The molecule has 30 heavy (non-hydrogen) atoms. The number of nitrogens with one attached hydrogen (secondary N) is 2. The number of para-hydroxylation sites is 3. The van der Waals surface area contributed by atoms with Crippen molar-refractivity contribution in [1.82, 2.24) is 5.32 Å². The first-order chi connectivity index (χ1) is 14.6. The monoisotopic (exact) mass is 399 g/mol. The first-order valence-corrected chi connectivity index (χ1v) is 10.1. The van der Waals surface area contributed by atoms with Crippen LogP contribution in [0.5, 0.6) is 0 Å². The van der Waals surface area contributed by atoms with Crippen LogP contribution in [0.25, 0.3) is 5.70 Å². The maximum atomic E-state index is 6.24. The zero-order valence-electron chi connectivity index (χ0n) is 17.4. The molecule has 5 heteroatoms. The summed E-state index contributed by atoms with van der Waals surface area (Å²) >= 11 is 0. The van der Waals surface area contributed by atoms with Crippen molar-refractivity contribution >= 4 is 28.6 Å². The highest BCUT2D eigenvalue weighted by molar-refractivity contribution is 6.07. The van der Waals surface area contributed by atoms with E-state index in [2.05, 4.69) is 30.2 Å². The Morgan fingerprint density at radius 1 is 0.867 bits per heavy atom. The van der Waals surface area contributed by atoms with Crippen molar-refractivity contribution in [2.24, 2.45) is 4.99 Å². The molecule has 0 unspecified atom stereocenters. The van der Waals surface area contributed by atoms with Crippen molar-refractivity contribution in [2.45, 2.75) is 19.9 Å². The SMILES string of the molecule is C=C(NC(=NCc1ccccc1N)c1ccccc1N)c1ccccc1NCCC. The first kappa shape index (κ1) is 21.0. The maximum absolute atomic E-state index is 6.24. The Morgan fingerprint density at radius 3 is 2.20 bits per heavy atom. The van der Waals surface area contributed by atoms with Gasteiger partial charge in [0.2, 0.25) is 0 Å². The van der Waals surface area contributed by atoms with Crippen LogP contribution >= 0.6 is 0 Å². The molecule has 0 aliphatic rings. The van der Waals surface area contributed by atoms with Gasteiger partial charge in [0.1, 0.15) is 5.84 Å². The number of nitrogens with two attached hydrogens (primary N) is 2. The summed E-state index contributed by atoms with van der Waals surface area (Å²) in [5, 5.41) is 6.84. The van der Waals surface area contributed by atoms with E-state index in [9.17, 15) is 0 Å². The molecule has 6 N–H and O–H groups in total. The van der Waals surface area contributed by atoms with Crippen LogP contribution in [0.2, 0.25) is 0 Å². The summed E-state index contributed by atoms with van der Waals surface area (Å²) in [7, 11) is 0. The van der Waals surface area contributed by atoms with E-state index in [-0.39, 0.29) is 0 Å². The number of nitrogens with zero attached hydrogens (tertiary/aromatic N) is 1. The zero-order chi connectivity index (χ0) is 21.3. The number of hydrogen-bond acceptors (Lipinski definition) is 4. The van der Waals surface area contributed by atoms with E-state index >= 15 is 0 Å². The lowest BCUT2D eigenvalue weighted by molar-refractivity contribution is 0.978. The molecule has 3 aromatic carbocycles. The van der Waals surface area contributed by atoms with Crippen LogP contribution in [0, 0.1) is 0 Å². The van der Waals surface area contributed by atoms with Crippen LogP contribution in [0.1, 0.15) is 30.0 Å². The highest BCUT2D eigenvalue weighted by Gasteiger charge is 2.12. The number of aliphatic imine (C=N–C) groups is 1. The second kappa shape index (κ2) is 10.2. The van der Waals surface area contributed by atoms with Gasteiger partial charge in [-0.05, 0) is 36.2 Å². The summed E-state index contributed by atoms with van der Waals surface area (Å²) in [5.74, 6) is 0.659. The first-order valence-electron chi connectivity index (χ1n) is 10.1. The van der Waals surface area contributed by atoms with Gasteiger partial charge < -0.3 is 22.1 Å². The molecular weight excluding hydrogens is 370 g/mol. The van der Waals surface area contributed by atoms with Crippen LogP contribution < -0.4 is 22.1 Å². The average Bonchev–Trinajstić information content (AvgIpc) is 2.76. The Balaban J connectivity index is 1.92. The van der Waals surface area contributed by atoms with E-state index in [4.69, 9.17) is 16.5 Å². The molecule has 0 saturated carbocycles. The molecule has 0 bridgehead atoms. The van der Waals surface area contributed by atoms with Gasteiger partial charge in [0.15, 0.2) is 0 Å². The Bertz CT molecular complexity index is 1040. The van der Waals surface area contributed by atoms with Gasteiger partial charge in [0.05, 0.1) is 6.54 Å². The summed E-state index contributed by atoms with van der Waals surface area (Å²) in [4.78, 5) is 4.81. The van der Waals surface area contributed by atoms with Gasteiger partial charge in [0.25, 0.3) is 0 Å². The molecule has 0 saturated heterocycles. The van der Waals surface area contributed by atoms with Crippen molar-refractivity contribution < 1.29 is 0 Å². The predicted molar refractivity (Wildman–Crippen MR) is 129 cm³/mol. The van der Waals surface area contributed by atoms with E-state index < -0.39 is 0 Å². The second-order valence-electron chi connectivity index (χ2n) is 7.03. The second-order valence-corrected chi connectivity index (χ2v) is 7.03. The molecule has 154 valence electrons. The van der Waals surface area contributed by atoms with Gasteiger partial charge in [-0.2, -0.15) is 0 Å². The molecular formula is C25H29N5. The lowest BCUT2D eigenvalue weighted by Gasteiger charge is -2.18. The Morgan fingerprint density at radius 2 is 1.50 bits per heavy atom. The molecule has 0 amide bonds. The summed E-state index contributed by atoms with van der Waals surface area (Å²) in [6, 6.07) is 23.5. The number of hydrogen-bond donors (Lipinski definition) is 4. The van der Waals surface area contributed by atoms with E-state index in [1.807, 2.05) is 66.7 Å². The van der Waals surface area contributed by atoms with Gasteiger partial charge in [-0.1, -0.05) is 62.0 Å². The van der Waals surface area contributed by atoms with Crippen LogP contribution in [0.3, 0.4) is 0 Å². The average molecular weight is 400 g/mol. The third kappa shape index (κ3) is 5.20. The highest BCUT2D eigenvalue weighted by atomic mass is 15.0. The largest absolute Gasteiger partial charge is 0.398 e. The molecule has 0 atom stereocenters. The number of amidine groups is 1. The quantitative estimate of drug-likeness (QED) is 0.247. The van der Waals surface area contributed by atoms with Gasteiger partial charge in [-0.15, -0.1) is 0 Å². The fraction of sp³-hybridized carbons (Fsp3) is 0.160. The fourth-order valence-electron chi connectivity index (χ4n) is 3.12. The topological polar surface area (TPSA) is 88.5 Å². The minimum absolute atomic E-state index is 0.437. The number of anilines is 3. The third-order valence-electron chi connectivity index (χ3n) is 4.77. The molecule has 0 aliphatic heterocycles. The Labute approximate surface area is 178 Å². The van der Waals surface area contributed by atoms with Gasteiger partial charge in [-0.25, -0.2) is 0 Å². The maximum Gasteiger partial charge on any atom is 0.135 e. The van der Waals surface area contributed by atoms with Crippen molar-refractivity contribution in [3.05, 3.63) is 96.1 Å². The number of nitrogen functional groups attached to an aromatic ring is 2. The summed E-state index contributed by atoms with van der Waals surface area (Å²) in [6.07, 6.45) is 1.04. The Kier molecular flexibility index (Phi) is 7.11. The van der Waals surface area contributed by atoms with Crippen molar-refractivity contribution in [1.29, 1.82) is 0 Å². The van der Waals surface area contributed by atoms with E-state index in [0.717, 1.165) is 46.7 Å². The molecule has 0 heterocycles. The molecule has 0 aliphatic carbocycles. The summed E-state index contributed by atoms with van der Waals surface area (Å²) < 4.78 is 0. The molecule has 0 radical (unpaired) electrons. The lowest BCUT2D eigenvalue weighted by Crippen LogP contribution is -2.24. The van der Waals surface area contributed by atoms with Crippen molar-refractivity contribution in [3.63, 3.8) is 0 Å². The third-order valence-corrected chi connectivity index (χ3v) is 4.77. The van der Waals surface area contributed by atoms with E-state index in [0.29, 0.717) is 18.1 Å². The number of benzene rings is 3. The minimum atomic E-state index is 0.437. The number of rotatable bonds is 8. The summed E-state index contributed by atoms with van der Waals surface area (Å²) in [5.41, 5.74) is 18.3. The zero-order valence-corrected chi connectivity index (χ0v) is 17.4. The van der Waals surface area contributed by atoms with Gasteiger partial charge in [0, 0.05) is 40.4 Å². The van der Waals surface area contributed by atoms with Crippen LogP contribution in [0.4, 0.5) is 17.1 Å². The molecule has 0 spiro atoms. The standard InChI is InChI=1S/C25H29N5/c1-3-16-28-24-15-9-6-11-20(24)18(2)30-25(21-12-5-8-14-23(21)27)29-17-19-10-4-7-13-22(19)26/h4-15,28H,2-3,16-17,26-27H2,1H3,(H,29,30). The molecule has 3 aromatic rings. The Hall–Kier alpha value is -3.73. The smallest absolute Gasteiger partial charge is 0.135 e. The van der Waals surface area contributed by atoms with Crippen molar-refractivity contribution in [3.8, 4) is 0 Å². The normalized spacial score (nSPS) is 11.2. The highest BCUT2D eigenvalue weighted by Crippen LogP contribution is 2.22. The van der Waals surface area contributed by atoms with Crippen LogP contribution in [-0.2, 0) is 6.54 Å². The van der Waals surface area contributed by atoms with Gasteiger partial charge >= 0.3 is 0 Å².